The van der Waals surface area contributed by atoms with E-state index in [0.29, 0.717) is 13.1 Å². The van der Waals surface area contributed by atoms with Gasteiger partial charge in [-0.2, -0.15) is 5.10 Å². The number of aromatic nitrogens is 2. The van der Waals surface area contributed by atoms with Gasteiger partial charge in [-0.05, 0) is 30.4 Å². The molecule has 1 saturated heterocycles. The number of amides is 2. The smallest absolute Gasteiger partial charge is 0.225 e. The number of nitrogens with zero attached hydrogens (tertiary/aromatic N) is 3. The molecule has 2 heterocycles. The number of likely N-dealkylation sites (tertiary alicyclic amines) is 1. The van der Waals surface area contributed by atoms with Crippen LogP contribution in [-0.4, -0.2) is 33.0 Å². The van der Waals surface area contributed by atoms with Gasteiger partial charge in [0, 0.05) is 30.8 Å². The minimum atomic E-state index is -0.295. The van der Waals surface area contributed by atoms with Crippen LogP contribution in [0.25, 0.3) is 0 Å². The first kappa shape index (κ1) is 20.5. The van der Waals surface area contributed by atoms with Crippen LogP contribution in [0.5, 0.6) is 0 Å². The molecule has 32 heavy (non-hydrogen) atoms. The number of nitrogens with one attached hydrogen (secondary N) is 1. The van der Waals surface area contributed by atoms with Gasteiger partial charge in [-0.3, -0.25) is 14.3 Å². The summed E-state index contributed by atoms with van der Waals surface area (Å²) in [6, 6.07) is 20.2. The summed E-state index contributed by atoms with van der Waals surface area (Å²) in [5.41, 5.74) is 4.63. The van der Waals surface area contributed by atoms with Crippen LogP contribution >= 0.6 is 0 Å². The number of benzene rings is 2. The Labute approximate surface area is 188 Å². The Morgan fingerprint density at radius 1 is 1.00 bits per heavy atom. The fourth-order valence-corrected chi connectivity index (χ4v) is 4.86. The second-order valence-corrected chi connectivity index (χ2v) is 8.80. The topological polar surface area (TPSA) is 67.2 Å². The average Bonchev–Trinajstić information content (AvgIpc) is 3.39. The van der Waals surface area contributed by atoms with Gasteiger partial charge in [0.05, 0.1) is 24.7 Å². The van der Waals surface area contributed by atoms with Crippen molar-refractivity contribution in [2.45, 2.75) is 44.8 Å². The zero-order valence-electron chi connectivity index (χ0n) is 18.1. The summed E-state index contributed by atoms with van der Waals surface area (Å²) < 4.78 is 2.06. The molecule has 0 saturated carbocycles. The maximum absolute atomic E-state index is 13.0. The lowest BCUT2D eigenvalue weighted by Gasteiger charge is -2.25. The number of fused-ring (bicyclic) bond motifs is 1. The van der Waals surface area contributed by atoms with Crippen molar-refractivity contribution in [3.05, 3.63) is 89.2 Å². The Morgan fingerprint density at radius 2 is 1.69 bits per heavy atom. The normalized spacial score (nSPS) is 20.2. The van der Waals surface area contributed by atoms with Gasteiger partial charge in [-0.15, -0.1) is 0 Å². The van der Waals surface area contributed by atoms with E-state index >= 15 is 0 Å². The SMILES string of the molecule is O=C(NC1CCCc2c1cnn2Cc1ccccc1)C1CC(=O)N(Cc2ccccc2)C1. The molecule has 2 amide bonds. The van der Waals surface area contributed by atoms with Crippen molar-refractivity contribution in [3.8, 4) is 0 Å². The van der Waals surface area contributed by atoms with E-state index in [4.69, 9.17) is 0 Å². The van der Waals surface area contributed by atoms with Crippen molar-refractivity contribution in [1.82, 2.24) is 20.0 Å². The third kappa shape index (κ3) is 4.31. The van der Waals surface area contributed by atoms with Crippen molar-refractivity contribution < 1.29 is 9.59 Å². The average molecular weight is 429 g/mol. The highest BCUT2D eigenvalue weighted by atomic mass is 16.2. The summed E-state index contributed by atoms with van der Waals surface area (Å²) >= 11 is 0. The zero-order valence-corrected chi connectivity index (χ0v) is 18.1. The molecule has 164 valence electrons. The highest BCUT2D eigenvalue weighted by Crippen LogP contribution is 2.31. The quantitative estimate of drug-likeness (QED) is 0.654. The molecule has 1 fully saturated rings. The lowest BCUT2D eigenvalue weighted by molar-refractivity contribution is -0.129. The fourth-order valence-electron chi connectivity index (χ4n) is 4.86. The maximum Gasteiger partial charge on any atom is 0.225 e. The molecule has 5 rings (SSSR count). The highest BCUT2D eigenvalue weighted by Gasteiger charge is 2.36. The molecule has 1 N–H and O–H groups in total. The molecule has 1 aliphatic carbocycles. The monoisotopic (exact) mass is 428 g/mol. The number of rotatable bonds is 6. The predicted octanol–water partition coefficient (Wildman–Crippen LogP) is 3.47. The molecule has 0 spiro atoms. The number of hydrogen-bond donors (Lipinski definition) is 1. The highest BCUT2D eigenvalue weighted by molar-refractivity contribution is 5.89. The summed E-state index contributed by atoms with van der Waals surface area (Å²) in [7, 11) is 0. The summed E-state index contributed by atoms with van der Waals surface area (Å²) in [6.07, 6.45) is 5.09. The van der Waals surface area contributed by atoms with Gasteiger partial charge in [0.2, 0.25) is 11.8 Å². The van der Waals surface area contributed by atoms with E-state index in [-0.39, 0.29) is 30.2 Å². The first-order valence-electron chi connectivity index (χ1n) is 11.4. The lowest BCUT2D eigenvalue weighted by atomic mass is 9.92. The Bertz CT molecular complexity index is 1090. The second-order valence-electron chi connectivity index (χ2n) is 8.80. The molecule has 6 nitrogen and oxygen atoms in total. The van der Waals surface area contributed by atoms with Crippen LogP contribution in [0.3, 0.4) is 0 Å². The third-order valence-electron chi connectivity index (χ3n) is 6.56. The van der Waals surface area contributed by atoms with E-state index in [0.717, 1.165) is 36.9 Å². The van der Waals surface area contributed by atoms with E-state index in [2.05, 4.69) is 27.2 Å². The van der Waals surface area contributed by atoms with Crippen molar-refractivity contribution in [1.29, 1.82) is 0 Å². The van der Waals surface area contributed by atoms with Crippen molar-refractivity contribution in [2.75, 3.05) is 6.54 Å². The molecule has 3 aromatic rings. The van der Waals surface area contributed by atoms with Gasteiger partial charge in [0.15, 0.2) is 0 Å². The number of carbonyl (C=O) groups excluding carboxylic acids is 2. The lowest BCUT2D eigenvalue weighted by Crippen LogP contribution is -2.36. The summed E-state index contributed by atoms with van der Waals surface area (Å²) in [5, 5.41) is 7.85. The van der Waals surface area contributed by atoms with Crippen LogP contribution in [0.4, 0.5) is 0 Å². The number of carbonyl (C=O) groups is 2. The van der Waals surface area contributed by atoms with Gasteiger partial charge in [-0.1, -0.05) is 60.7 Å². The molecule has 0 bridgehead atoms. The standard InChI is InChI=1S/C26H28N4O2/c31-25-14-21(18-29(25)16-19-8-3-1-4-9-19)26(32)28-23-12-7-13-24-22(23)15-27-30(24)17-20-10-5-2-6-11-20/h1-6,8-11,15,21,23H,7,12-14,16-18H2,(H,28,32). The fraction of sp³-hybridized carbons (Fsp3) is 0.346. The molecule has 6 heteroatoms. The van der Waals surface area contributed by atoms with Crippen LogP contribution < -0.4 is 5.32 Å². The van der Waals surface area contributed by atoms with Gasteiger partial charge in [-0.25, -0.2) is 0 Å². The van der Waals surface area contributed by atoms with Crippen LogP contribution in [0.15, 0.2) is 66.9 Å². The first-order chi connectivity index (χ1) is 15.7. The molecule has 2 atom stereocenters. The van der Waals surface area contributed by atoms with Crippen LogP contribution in [-0.2, 0) is 29.1 Å². The summed E-state index contributed by atoms with van der Waals surface area (Å²) in [4.78, 5) is 27.3. The summed E-state index contributed by atoms with van der Waals surface area (Å²) in [6.45, 7) is 1.78. The molecule has 0 radical (unpaired) electrons. The van der Waals surface area contributed by atoms with Gasteiger partial charge < -0.3 is 10.2 Å². The Hall–Kier alpha value is -3.41. The maximum atomic E-state index is 13.0. The van der Waals surface area contributed by atoms with Crippen molar-refractivity contribution in [3.63, 3.8) is 0 Å². The number of hydrogen-bond acceptors (Lipinski definition) is 3. The molecule has 2 aromatic carbocycles. The molecule has 1 aliphatic heterocycles. The van der Waals surface area contributed by atoms with Crippen molar-refractivity contribution in [2.24, 2.45) is 5.92 Å². The van der Waals surface area contributed by atoms with E-state index < -0.39 is 0 Å². The van der Waals surface area contributed by atoms with Crippen LogP contribution in [0.2, 0.25) is 0 Å². The third-order valence-corrected chi connectivity index (χ3v) is 6.56. The molecular weight excluding hydrogens is 400 g/mol. The Balaban J connectivity index is 1.24. The largest absolute Gasteiger partial charge is 0.349 e. The second kappa shape index (κ2) is 8.99. The zero-order chi connectivity index (χ0) is 21.9. The van der Waals surface area contributed by atoms with Crippen molar-refractivity contribution >= 4 is 11.8 Å². The molecule has 1 aromatic heterocycles. The van der Waals surface area contributed by atoms with Crippen LogP contribution in [0.1, 0.15) is 47.7 Å². The molecule has 2 aliphatic rings. The first-order valence-corrected chi connectivity index (χ1v) is 11.4. The van der Waals surface area contributed by atoms with E-state index in [9.17, 15) is 9.59 Å². The molecular formula is C26H28N4O2. The van der Waals surface area contributed by atoms with E-state index in [1.54, 1.807) is 4.90 Å². The predicted molar refractivity (Wildman–Crippen MR) is 122 cm³/mol. The van der Waals surface area contributed by atoms with Gasteiger partial charge in [0.25, 0.3) is 0 Å². The van der Waals surface area contributed by atoms with E-state index in [1.807, 2.05) is 54.7 Å². The Morgan fingerprint density at radius 3 is 2.41 bits per heavy atom. The van der Waals surface area contributed by atoms with Gasteiger partial charge in [0.1, 0.15) is 0 Å². The Kier molecular flexibility index (Phi) is 5.75. The summed E-state index contributed by atoms with van der Waals surface area (Å²) in [5.74, 6) is -0.271. The minimum Gasteiger partial charge on any atom is -0.349 e. The van der Waals surface area contributed by atoms with Crippen LogP contribution in [0, 0.1) is 5.92 Å². The minimum absolute atomic E-state index is 0.0254. The van der Waals surface area contributed by atoms with E-state index in [1.165, 1.54) is 11.3 Å². The molecule has 2 unspecified atom stereocenters. The van der Waals surface area contributed by atoms with Gasteiger partial charge >= 0.3 is 0 Å².